The summed E-state index contributed by atoms with van der Waals surface area (Å²) in [5.74, 6) is -0.220. The number of nitrogens with zero attached hydrogens (tertiary/aromatic N) is 5. The molecule has 0 saturated heterocycles. The van der Waals surface area contributed by atoms with Gasteiger partial charge in [0.1, 0.15) is 35.0 Å². The molecular weight excluding hydrogens is 560 g/mol. The Labute approximate surface area is 239 Å². The fraction of sp³-hybridized carbons (Fsp3) is 0.333. The first-order valence-corrected chi connectivity index (χ1v) is 13.2. The van der Waals surface area contributed by atoms with E-state index in [9.17, 15) is 9.59 Å². The maximum atomic E-state index is 15.6. The number of nitrogens with two attached hydrogens (primary N) is 1. The first-order chi connectivity index (χ1) is 18.8. The monoisotopic (exact) mass is 587 g/mol. The first-order valence-electron chi connectivity index (χ1n) is 12.4. The average Bonchev–Trinajstić information content (AvgIpc) is 3.36. The van der Waals surface area contributed by atoms with Crippen LogP contribution in [0.3, 0.4) is 0 Å². The largest absolute Gasteiger partial charge is 0.383 e. The van der Waals surface area contributed by atoms with E-state index < -0.39 is 29.1 Å². The third-order valence-electron chi connectivity index (χ3n) is 7.12. The third-order valence-corrected chi connectivity index (χ3v) is 7.57. The molecule has 3 aromatic rings. The molecule has 0 fully saturated rings. The Morgan fingerprint density at radius 1 is 1.20 bits per heavy atom. The Hall–Kier alpha value is -3.67. The second-order valence-corrected chi connectivity index (χ2v) is 11.0. The molecule has 5 rings (SSSR count). The number of benzene rings is 1. The number of halogens is 3. The van der Waals surface area contributed by atoms with E-state index in [4.69, 9.17) is 38.7 Å². The molecule has 2 atom stereocenters. The predicted molar refractivity (Wildman–Crippen MR) is 152 cm³/mol. The predicted octanol–water partition coefficient (Wildman–Crippen LogP) is 4.37. The standard InChI is InChI=1S/C27H28Cl2FN7O3/c1-12(2)36-22-20(33-24(36)19-23(31)32-13(3)34-27(19,4)40-6)26(39)37(18-10-15(29)11-35(5)25(18)38)21(22)16-8-7-14(28)9-17(16)30/h7-12,21H,31H2,1-6H3,(H,32,34). The number of pyridine rings is 1. The summed E-state index contributed by atoms with van der Waals surface area (Å²) in [5.41, 5.74) is 5.74. The van der Waals surface area contributed by atoms with Crippen LogP contribution in [0, 0.1) is 5.82 Å². The zero-order valence-corrected chi connectivity index (χ0v) is 24.2. The van der Waals surface area contributed by atoms with Gasteiger partial charge in [0.05, 0.1) is 16.3 Å². The summed E-state index contributed by atoms with van der Waals surface area (Å²) in [6, 6.07) is 4.21. The minimum atomic E-state index is -1.13. The second-order valence-electron chi connectivity index (χ2n) is 10.2. The van der Waals surface area contributed by atoms with E-state index in [-0.39, 0.29) is 38.9 Å². The lowest BCUT2D eigenvalue weighted by Crippen LogP contribution is -2.51. The number of aromatic nitrogens is 3. The van der Waals surface area contributed by atoms with E-state index >= 15 is 4.39 Å². The van der Waals surface area contributed by atoms with Crippen molar-refractivity contribution >= 4 is 46.2 Å². The Balaban J connectivity index is 1.86. The van der Waals surface area contributed by atoms with Gasteiger partial charge in [0.2, 0.25) is 0 Å². The van der Waals surface area contributed by atoms with Crippen LogP contribution in [0.2, 0.25) is 10.0 Å². The van der Waals surface area contributed by atoms with Gasteiger partial charge in [0.25, 0.3) is 11.5 Å². The van der Waals surface area contributed by atoms with Crippen molar-refractivity contribution in [2.75, 3.05) is 12.0 Å². The van der Waals surface area contributed by atoms with Crippen molar-refractivity contribution < 1.29 is 13.9 Å². The summed E-state index contributed by atoms with van der Waals surface area (Å²) in [5, 5.41) is 3.60. The number of carbonyl (C=O) groups excluding carboxylic acids is 1. The summed E-state index contributed by atoms with van der Waals surface area (Å²) < 4.78 is 24.5. The van der Waals surface area contributed by atoms with Gasteiger partial charge in [-0.3, -0.25) is 14.5 Å². The molecule has 0 bridgehead atoms. The van der Waals surface area contributed by atoms with E-state index in [1.165, 1.54) is 48.0 Å². The van der Waals surface area contributed by atoms with E-state index in [1.807, 2.05) is 13.8 Å². The summed E-state index contributed by atoms with van der Waals surface area (Å²) in [6.45, 7) is 7.33. The summed E-state index contributed by atoms with van der Waals surface area (Å²) >= 11 is 12.4. The summed E-state index contributed by atoms with van der Waals surface area (Å²) in [4.78, 5) is 37.8. The van der Waals surface area contributed by atoms with Gasteiger partial charge in [-0.25, -0.2) is 14.4 Å². The molecular formula is C27H28Cl2FN7O3. The molecule has 0 spiro atoms. The molecule has 0 saturated carbocycles. The van der Waals surface area contributed by atoms with Crippen molar-refractivity contribution in [1.29, 1.82) is 0 Å². The van der Waals surface area contributed by atoms with Crippen LogP contribution in [0.15, 0.2) is 46.1 Å². The number of amides is 1. The smallest absolute Gasteiger partial charge is 0.279 e. The minimum Gasteiger partial charge on any atom is -0.383 e. The molecule has 1 amide bonds. The quantitative estimate of drug-likeness (QED) is 0.457. The number of rotatable bonds is 5. The molecule has 210 valence electrons. The Kier molecular flexibility index (Phi) is 6.80. The van der Waals surface area contributed by atoms with Crippen molar-refractivity contribution in [2.45, 2.75) is 45.5 Å². The molecule has 2 aliphatic rings. The molecule has 2 aromatic heterocycles. The number of anilines is 1. The molecule has 13 heteroatoms. The van der Waals surface area contributed by atoms with Crippen LogP contribution in [-0.2, 0) is 11.8 Å². The first kappa shape index (κ1) is 27.9. The number of aliphatic imine (C=N–C) groups is 1. The summed E-state index contributed by atoms with van der Waals surface area (Å²) in [7, 11) is 3.04. The highest BCUT2D eigenvalue weighted by molar-refractivity contribution is 6.31. The number of hydrogen-bond acceptors (Lipinski definition) is 7. The van der Waals surface area contributed by atoms with Crippen LogP contribution in [-0.4, -0.2) is 38.7 Å². The van der Waals surface area contributed by atoms with Gasteiger partial charge in [0.15, 0.2) is 11.4 Å². The maximum absolute atomic E-state index is 15.6. The lowest BCUT2D eigenvalue weighted by Gasteiger charge is -2.36. The van der Waals surface area contributed by atoms with Gasteiger partial charge >= 0.3 is 0 Å². The fourth-order valence-electron chi connectivity index (χ4n) is 5.40. The molecule has 0 radical (unpaired) electrons. The number of ether oxygens (including phenoxy) is 1. The van der Waals surface area contributed by atoms with Crippen LogP contribution in [0.5, 0.6) is 0 Å². The van der Waals surface area contributed by atoms with Crippen LogP contribution in [0.4, 0.5) is 10.1 Å². The van der Waals surface area contributed by atoms with E-state index in [2.05, 4.69) is 10.3 Å². The number of hydrogen-bond donors (Lipinski definition) is 2. The molecule has 2 aliphatic heterocycles. The summed E-state index contributed by atoms with van der Waals surface area (Å²) in [6.07, 6.45) is 1.43. The number of aryl methyl sites for hydroxylation is 1. The van der Waals surface area contributed by atoms with Crippen LogP contribution in [0.1, 0.15) is 67.3 Å². The zero-order valence-electron chi connectivity index (χ0n) is 22.7. The van der Waals surface area contributed by atoms with Gasteiger partial charge in [-0.2, -0.15) is 0 Å². The number of amidine groups is 1. The topological polar surface area (TPSA) is 120 Å². The van der Waals surface area contributed by atoms with E-state index in [0.29, 0.717) is 22.9 Å². The average molecular weight is 588 g/mol. The van der Waals surface area contributed by atoms with Crippen LogP contribution < -0.4 is 21.5 Å². The number of fused-ring (bicyclic) bond motifs is 1. The van der Waals surface area contributed by atoms with Gasteiger partial charge in [-0.05, 0) is 45.9 Å². The SMILES string of the molecule is COC1(C)NC(C)=NC(N)=C1c1nc2c(n1C(C)C)C(c1ccc(Cl)cc1F)N(c1cc(Cl)cn(C)c1=O)C2=O. The van der Waals surface area contributed by atoms with Gasteiger partial charge in [-0.1, -0.05) is 29.3 Å². The Morgan fingerprint density at radius 3 is 2.52 bits per heavy atom. The number of carbonyl (C=O) groups is 1. The van der Waals surface area contributed by atoms with Crippen molar-refractivity contribution in [3.8, 4) is 0 Å². The lowest BCUT2D eigenvalue weighted by molar-refractivity contribution is 0.0422. The van der Waals surface area contributed by atoms with E-state index in [1.54, 1.807) is 18.4 Å². The van der Waals surface area contributed by atoms with Crippen LogP contribution in [0.25, 0.3) is 5.57 Å². The molecule has 2 unspecified atom stereocenters. The highest BCUT2D eigenvalue weighted by Crippen LogP contribution is 2.46. The van der Waals surface area contributed by atoms with Crippen molar-refractivity contribution in [3.05, 3.63) is 85.3 Å². The third kappa shape index (κ3) is 4.20. The molecule has 0 aliphatic carbocycles. The van der Waals surface area contributed by atoms with E-state index in [0.717, 1.165) is 6.07 Å². The number of nitrogens with one attached hydrogen (secondary N) is 1. The molecule has 10 nitrogen and oxygen atoms in total. The molecule has 1 aromatic carbocycles. The highest BCUT2D eigenvalue weighted by atomic mass is 35.5. The maximum Gasteiger partial charge on any atom is 0.279 e. The van der Waals surface area contributed by atoms with Gasteiger partial charge < -0.3 is 24.9 Å². The lowest BCUT2D eigenvalue weighted by atomic mass is 10.00. The van der Waals surface area contributed by atoms with Crippen molar-refractivity contribution in [3.63, 3.8) is 0 Å². The highest BCUT2D eigenvalue weighted by Gasteiger charge is 2.49. The molecule has 40 heavy (non-hydrogen) atoms. The Bertz CT molecular complexity index is 1690. The van der Waals surface area contributed by atoms with Crippen LogP contribution >= 0.6 is 23.2 Å². The molecule has 3 N–H and O–H groups in total. The fourth-order valence-corrected chi connectivity index (χ4v) is 5.81. The van der Waals surface area contributed by atoms with Gasteiger partial charge in [-0.15, -0.1) is 0 Å². The van der Waals surface area contributed by atoms with Crippen molar-refractivity contribution in [1.82, 2.24) is 19.4 Å². The number of imidazole rings is 1. The second kappa shape index (κ2) is 9.76. The zero-order chi connectivity index (χ0) is 29.3. The normalized spacial score (nSPS) is 20.8. The van der Waals surface area contributed by atoms with Crippen molar-refractivity contribution in [2.24, 2.45) is 17.8 Å². The molecule has 4 heterocycles. The van der Waals surface area contributed by atoms with Gasteiger partial charge in [0, 0.05) is 37.0 Å². The number of methoxy groups -OCH3 is 1. The minimum absolute atomic E-state index is 0.0192. The Morgan fingerprint density at radius 2 is 1.90 bits per heavy atom.